The first-order valence-corrected chi connectivity index (χ1v) is 2.54. The second-order valence-corrected chi connectivity index (χ2v) is 1.44. The monoisotopic (exact) mass is 164 g/mol. The molecule has 0 aliphatic rings. The predicted octanol–water partition coefficient (Wildman–Crippen LogP) is -0.402. The van der Waals surface area contributed by atoms with E-state index in [0.717, 1.165) is 0 Å². The van der Waals surface area contributed by atoms with E-state index >= 15 is 0 Å². The summed E-state index contributed by atoms with van der Waals surface area (Å²) in [6.45, 7) is 3.19. The molecule has 0 rings (SSSR count). The molecule has 0 aromatic carbocycles. The van der Waals surface area contributed by atoms with Crippen molar-refractivity contribution in [3.8, 4) is 0 Å². The summed E-state index contributed by atoms with van der Waals surface area (Å²) in [6.07, 6.45) is 0. The first-order valence-electron chi connectivity index (χ1n) is 1.56. The summed E-state index contributed by atoms with van der Waals surface area (Å²) >= 11 is 2.42. The third-order valence-corrected chi connectivity index (χ3v) is 1.01. The summed E-state index contributed by atoms with van der Waals surface area (Å²) in [7, 11) is 0. The molecule has 0 atom stereocenters. The van der Waals surface area contributed by atoms with Crippen molar-refractivity contribution in [2.45, 2.75) is 0 Å². The van der Waals surface area contributed by atoms with Crippen molar-refractivity contribution in [2.24, 2.45) is 0 Å². The minimum absolute atomic E-state index is 0.0833. The van der Waals surface area contributed by atoms with Gasteiger partial charge in [-0.3, -0.25) is 0 Å². The average molecular weight is 163 g/mol. The standard InChI is InChI=1S/C4H4O2Se/c1-3(2-7)4(5)6/h2H,1H2,(H,5,6). The average Bonchev–Trinajstić information content (AvgIpc) is 1.65. The van der Waals surface area contributed by atoms with Gasteiger partial charge in [-0.05, 0) is 0 Å². The Morgan fingerprint density at radius 1 is 1.86 bits per heavy atom. The van der Waals surface area contributed by atoms with E-state index in [-0.39, 0.29) is 5.57 Å². The third-order valence-electron chi connectivity index (χ3n) is 0.417. The van der Waals surface area contributed by atoms with Crippen LogP contribution in [0.4, 0.5) is 0 Å². The summed E-state index contributed by atoms with van der Waals surface area (Å²) in [6, 6.07) is 0. The van der Waals surface area contributed by atoms with Crippen LogP contribution in [-0.4, -0.2) is 31.6 Å². The van der Waals surface area contributed by atoms with Gasteiger partial charge in [-0.25, -0.2) is 0 Å². The Bertz CT molecular complexity index is 117. The molecule has 0 aliphatic heterocycles. The molecule has 0 aromatic heterocycles. The van der Waals surface area contributed by atoms with Gasteiger partial charge in [0.1, 0.15) is 0 Å². The van der Waals surface area contributed by atoms with E-state index < -0.39 is 5.97 Å². The molecule has 3 heteroatoms. The first-order chi connectivity index (χ1) is 3.18. The number of hydrogen-bond donors (Lipinski definition) is 1. The van der Waals surface area contributed by atoms with Crippen LogP contribution in [0.2, 0.25) is 0 Å². The number of aliphatic carboxylic acids is 1. The Kier molecular flexibility index (Phi) is 2.56. The van der Waals surface area contributed by atoms with Crippen LogP contribution in [0.3, 0.4) is 0 Å². The molecule has 0 amide bonds. The molecule has 0 saturated carbocycles. The first kappa shape index (κ1) is 6.60. The Balaban J connectivity index is 3.81. The van der Waals surface area contributed by atoms with Gasteiger partial charge in [-0.1, -0.05) is 0 Å². The van der Waals surface area contributed by atoms with Gasteiger partial charge in [0, 0.05) is 0 Å². The SMILES string of the molecule is C=C(C=[Se])C(=O)O. The van der Waals surface area contributed by atoms with Crippen LogP contribution in [0.1, 0.15) is 0 Å². The second kappa shape index (κ2) is 2.72. The van der Waals surface area contributed by atoms with Crippen molar-refractivity contribution in [3.63, 3.8) is 0 Å². The summed E-state index contributed by atoms with van der Waals surface area (Å²) in [5.74, 6) is -0.987. The summed E-state index contributed by atoms with van der Waals surface area (Å²) in [4.78, 5) is 11.1. The normalized spacial score (nSPS) is 7.43. The molecule has 38 valence electrons. The van der Waals surface area contributed by atoms with Crippen LogP contribution >= 0.6 is 0 Å². The Hall–Kier alpha value is -0.401. The van der Waals surface area contributed by atoms with Gasteiger partial charge in [-0.2, -0.15) is 0 Å². The van der Waals surface area contributed by atoms with Gasteiger partial charge < -0.3 is 0 Å². The molecule has 0 unspecified atom stereocenters. The predicted molar refractivity (Wildman–Crippen MR) is 28.6 cm³/mol. The van der Waals surface area contributed by atoms with Crippen LogP contribution in [0.5, 0.6) is 0 Å². The molecule has 0 fully saturated rings. The molecule has 0 spiro atoms. The molecule has 1 N–H and O–H groups in total. The molecule has 0 heterocycles. The van der Waals surface area contributed by atoms with Crippen LogP contribution in [0, 0.1) is 0 Å². The van der Waals surface area contributed by atoms with Gasteiger partial charge in [0.2, 0.25) is 0 Å². The summed E-state index contributed by atoms with van der Waals surface area (Å²) in [5.41, 5.74) is 0.0833. The number of hydrogen-bond acceptors (Lipinski definition) is 1. The summed E-state index contributed by atoms with van der Waals surface area (Å²) in [5, 5.41) is 8.03. The molecular formula is C4H4O2Se. The van der Waals surface area contributed by atoms with Crippen molar-refractivity contribution in [3.05, 3.63) is 12.2 Å². The molecule has 0 bridgehead atoms. The van der Waals surface area contributed by atoms with Crippen molar-refractivity contribution in [2.75, 3.05) is 0 Å². The zero-order valence-electron chi connectivity index (χ0n) is 3.55. The quantitative estimate of drug-likeness (QED) is 0.444. The topological polar surface area (TPSA) is 37.3 Å². The van der Waals surface area contributed by atoms with Crippen LogP contribution in [-0.2, 0) is 4.79 Å². The number of carboxylic acid groups (broad SMARTS) is 1. The van der Waals surface area contributed by atoms with Gasteiger partial charge in [-0.15, -0.1) is 0 Å². The van der Waals surface area contributed by atoms with Crippen LogP contribution in [0.25, 0.3) is 0 Å². The number of carbonyl (C=O) groups is 1. The van der Waals surface area contributed by atoms with Crippen molar-refractivity contribution in [1.29, 1.82) is 0 Å². The van der Waals surface area contributed by atoms with E-state index in [4.69, 9.17) is 5.11 Å². The molecule has 0 saturated heterocycles. The maximum atomic E-state index is 9.78. The summed E-state index contributed by atoms with van der Waals surface area (Å²) < 4.78 is 0. The Morgan fingerprint density at radius 2 is 2.29 bits per heavy atom. The Morgan fingerprint density at radius 3 is 2.29 bits per heavy atom. The molecule has 0 aromatic rings. The van der Waals surface area contributed by atoms with E-state index in [2.05, 4.69) is 22.2 Å². The maximum absolute atomic E-state index is 9.78. The zero-order chi connectivity index (χ0) is 5.86. The van der Waals surface area contributed by atoms with Crippen LogP contribution in [0.15, 0.2) is 12.2 Å². The molecule has 0 radical (unpaired) electrons. The molecular weight excluding hydrogens is 159 g/mol. The number of rotatable bonds is 2. The van der Waals surface area contributed by atoms with Gasteiger partial charge in [0.05, 0.1) is 0 Å². The van der Waals surface area contributed by atoms with Crippen molar-refractivity contribution in [1.82, 2.24) is 0 Å². The fourth-order valence-electron chi connectivity index (χ4n) is 0.0504. The van der Waals surface area contributed by atoms with E-state index in [1.807, 2.05) is 0 Å². The van der Waals surface area contributed by atoms with E-state index in [0.29, 0.717) is 0 Å². The van der Waals surface area contributed by atoms with E-state index in [1.54, 1.807) is 0 Å². The molecule has 7 heavy (non-hydrogen) atoms. The number of carboxylic acids is 1. The molecule has 2 nitrogen and oxygen atoms in total. The van der Waals surface area contributed by atoms with Crippen molar-refractivity contribution < 1.29 is 9.90 Å². The van der Waals surface area contributed by atoms with Gasteiger partial charge in [0.25, 0.3) is 0 Å². The molecule has 0 aliphatic carbocycles. The van der Waals surface area contributed by atoms with Crippen molar-refractivity contribution >= 4 is 26.5 Å². The fraction of sp³-hybridized carbons (Fsp3) is 0. The van der Waals surface area contributed by atoms with E-state index in [9.17, 15) is 4.79 Å². The fourth-order valence-corrected chi connectivity index (χ4v) is 0.262. The van der Waals surface area contributed by atoms with Crippen LogP contribution < -0.4 is 0 Å². The Labute approximate surface area is 49.2 Å². The second-order valence-electron chi connectivity index (χ2n) is 0.948. The van der Waals surface area contributed by atoms with Gasteiger partial charge in [0.15, 0.2) is 0 Å². The van der Waals surface area contributed by atoms with Gasteiger partial charge >= 0.3 is 48.5 Å². The van der Waals surface area contributed by atoms with E-state index in [1.165, 1.54) is 4.92 Å². The third kappa shape index (κ3) is 2.31. The minimum atomic E-state index is -0.987. The zero-order valence-corrected chi connectivity index (χ0v) is 5.26.